The third-order valence-electron chi connectivity index (χ3n) is 4.99. The molecular formula is C25H20N4O. The van der Waals surface area contributed by atoms with E-state index in [-0.39, 0.29) is 0 Å². The number of aryl methyl sites for hydroxylation is 1. The highest BCUT2D eigenvalue weighted by molar-refractivity contribution is 5.80. The highest BCUT2D eigenvalue weighted by atomic mass is 16.5. The van der Waals surface area contributed by atoms with Crippen LogP contribution in [-0.2, 0) is 13.7 Å². The summed E-state index contributed by atoms with van der Waals surface area (Å²) in [5, 5.41) is 5.79. The molecule has 5 aromatic rings. The molecule has 0 N–H and O–H groups in total. The van der Waals surface area contributed by atoms with Gasteiger partial charge in [0, 0.05) is 42.2 Å². The highest BCUT2D eigenvalue weighted by Crippen LogP contribution is 2.31. The average Bonchev–Trinajstić information content (AvgIpc) is 3.20. The molecule has 0 atom stereocenters. The molecule has 30 heavy (non-hydrogen) atoms. The fourth-order valence-corrected chi connectivity index (χ4v) is 3.50. The largest absolute Gasteiger partial charge is 0.487 e. The lowest BCUT2D eigenvalue weighted by Gasteiger charge is -2.08. The predicted molar refractivity (Wildman–Crippen MR) is 118 cm³/mol. The van der Waals surface area contributed by atoms with Crippen LogP contribution in [0.3, 0.4) is 0 Å². The average molecular weight is 391 g/mol. The Morgan fingerprint density at radius 3 is 2.47 bits per heavy atom. The minimum atomic E-state index is 0.427. The van der Waals surface area contributed by atoms with Crippen LogP contribution >= 0.6 is 0 Å². The molecule has 0 saturated heterocycles. The fraction of sp³-hybridized carbons (Fsp3) is 0.0800. The van der Waals surface area contributed by atoms with Crippen LogP contribution in [0.15, 0.2) is 91.4 Å². The van der Waals surface area contributed by atoms with Crippen LogP contribution in [0.1, 0.15) is 5.69 Å². The lowest BCUT2D eigenvalue weighted by Crippen LogP contribution is -1.98. The number of benzene rings is 2. The summed E-state index contributed by atoms with van der Waals surface area (Å²) < 4.78 is 7.79. The van der Waals surface area contributed by atoms with E-state index in [1.807, 2.05) is 78.6 Å². The van der Waals surface area contributed by atoms with Crippen molar-refractivity contribution in [3.8, 4) is 28.1 Å². The monoisotopic (exact) mass is 391 g/mol. The van der Waals surface area contributed by atoms with E-state index in [0.29, 0.717) is 6.61 Å². The van der Waals surface area contributed by atoms with E-state index in [1.54, 1.807) is 12.4 Å². The van der Waals surface area contributed by atoms with E-state index >= 15 is 0 Å². The van der Waals surface area contributed by atoms with Gasteiger partial charge < -0.3 is 4.74 Å². The number of pyridine rings is 2. The predicted octanol–water partition coefficient (Wildman–Crippen LogP) is 5.28. The second-order valence-corrected chi connectivity index (χ2v) is 7.11. The van der Waals surface area contributed by atoms with Gasteiger partial charge in [0.2, 0.25) is 0 Å². The Kier molecular flexibility index (Phi) is 4.69. The lowest BCUT2D eigenvalue weighted by molar-refractivity contribution is 0.302. The molecule has 3 heterocycles. The molecule has 5 rings (SSSR count). The molecule has 0 aliphatic heterocycles. The molecule has 0 saturated carbocycles. The van der Waals surface area contributed by atoms with Crippen LogP contribution in [0, 0.1) is 0 Å². The molecule has 0 spiro atoms. The summed E-state index contributed by atoms with van der Waals surface area (Å²) >= 11 is 0. The van der Waals surface area contributed by atoms with Gasteiger partial charge in [-0.2, -0.15) is 5.10 Å². The summed E-state index contributed by atoms with van der Waals surface area (Å²) in [7, 11) is 1.93. The van der Waals surface area contributed by atoms with Crippen molar-refractivity contribution in [3.05, 3.63) is 97.1 Å². The second-order valence-electron chi connectivity index (χ2n) is 7.11. The van der Waals surface area contributed by atoms with E-state index in [0.717, 1.165) is 44.7 Å². The van der Waals surface area contributed by atoms with Crippen molar-refractivity contribution in [2.24, 2.45) is 7.05 Å². The first-order valence-electron chi connectivity index (χ1n) is 9.78. The van der Waals surface area contributed by atoms with Crippen molar-refractivity contribution in [1.82, 2.24) is 19.7 Å². The SMILES string of the molecule is [11CH3]n1cc(-c2ccncc2)c(-c2ccc(OCc3ccc4ccccc4n3)cc2)n1. The van der Waals surface area contributed by atoms with Crippen LogP contribution in [0.25, 0.3) is 33.3 Å². The first kappa shape index (κ1) is 18.1. The van der Waals surface area contributed by atoms with Crippen molar-refractivity contribution in [1.29, 1.82) is 0 Å². The normalized spacial score (nSPS) is 11.0. The van der Waals surface area contributed by atoms with Crippen molar-refractivity contribution < 1.29 is 4.74 Å². The highest BCUT2D eigenvalue weighted by Gasteiger charge is 2.12. The third kappa shape index (κ3) is 3.65. The van der Waals surface area contributed by atoms with Gasteiger partial charge in [0.1, 0.15) is 18.1 Å². The van der Waals surface area contributed by atoms with Gasteiger partial charge in [0.25, 0.3) is 0 Å². The van der Waals surface area contributed by atoms with Gasteiger partial charge in [-0.25, -0.2) is 4.98 Å². The van der Waals surface area contributed by atoms with Crippen molar-refractivity contribution >= 4 is 10.9 Å². The van der Waals surface area contributed by atoms with E-state index in [2.05, 4.69) is 27.2 Å². The van der Waals surface area contributed by atoms with Crippen molar-refractivity contribution in [2.45, 2.75) is 6.61 Å². The maximum Gasteiger partial charge on any atom is 0.130 e. The quantitative estimate of drug-likeness (QED) is 0.409. The first-order valence-corrected chi connectivity index (χ1v) is 9.78. The van der Waals surface area contributed by atoms with Gasteiger partial charge in [0.05, 0.1) is 11.2 Å². The standard InChI is InChI=1S/C25H20N4O/c1-29-16-23(18-12-14-26-15-13-18)25(28-29)20-7-10-22(11-8-20)30-17-21-9-6-19-4-2-3-5-24(19)27-21/h2-16H,17H2,1H3/i1-1. The molecule has 5 nitrogen and oxygen atoms in total. The molecular weight excluding hydrogens is 371 g/mol. The van der Waals surface area contributed by atoms with Crippen LogP contribution in [0.2, 0.25) is 0 Å². The van der Waals surface area contributed by atoms with Gasteiger partial charge in [-0.3, -0.25) is 9.67 Å². The maximum absolute atomic E-state index is 5.96. The Hall–Kier alpha value is -3.99. The zero-order valence-corrected chi connectivity index (χ0v) is 16.6. The number of hydrogen-bond acceptors (Lipinski definition) is 4. The van der Waals surface area contributed by atoms with E-state index in [4.69, 9.17) is 4.74 Å². The van der Waals surface area contributed by atoms with E-state index < -0.39 is 0 Å². The Morgan fingerprint density at radius 1 is 0.833 bits per heavy atom. The number of ether oxygens (including phenoxy) is 1. The summed E-state index contributed by atoms with van der Waals surface area (Å²) in [6, 6.07) is 24.2. The van der Waals surface area contributed by atoms with Gasteiger partial charge in [-0.1, -0.05) is 24.3 Å². The maximum atomic E-state index is 5.96. The molecule has 146 valence electrons. The fourth-order valence-electron chi connectivity index (χ4n) is 3.50. The Bertz CT molecular complexity index is 1290. The molecule has 0 radical (unpaired) electrons. The number of hydrogen-bond donors (Lipinski definition) is 0. The number of para-hydroxylation sites is 1. The number of aromatic nitrogens is 4. The smallest absolute Gasteiger partial charge is 0.130 e. The van der Waals surface area contributed by atoms with Crippen molar-refractivity contribution in [2.75, 3.05) is 0 Å². The molecule has 3 aromatic heterocycles. The van der Waals surface area contributed by atoms with E-state index in [9.17, 15) is 0 Å². The summed E-state index contributed by atoms with van der Waals surface area (Å²) in [5.41, 5.74) is 6.03. The molecule has 0 aliphatic rings. The molecule has 0 unspecified atom stereocenters. The number of fused-ring (bicyclic) bond motifs is 1. The summed E-state index contributed by atoms with van der Waals surface area (Å²) in [5.74, 6) is 0.801. The number of rotatable bonds is 5. The second kappa shape index (κ2) is 7.79. The van der Waals surface area contributed by atoms with Crippen LogP contribution in [-0.4, -0.2) is 19.7 Å². The Labute approximate surface area is 174 Å². The molecule has 0 aliphatic carbocycles. The topological polar surface area (TPSA) is 52.8 Å². The van der Waals surface area contributed by atoms with Crippen molar-refractivity contribution in [3.63, 3.8) is 0 Å². The van der Waals surface area contributed by atoms with Crippen LogP contribution in [0.5, 0.6) is 5.75 Å². The van der Waals surface area contributed by atoms with Gasteiger partial charge in [0.15, 0.2) is 0 Å². The van der Waals surface area contributed by atoms with Crippen LogP contribution < -0.4 is 4.74 Å². The molecule has 0 amide bonds. The first-order chi connectivity index (χ1) is 14.8. The molecule has 2 aromatic carbocycles. The minimum Gasteiger partial charge on any atom is -0.487 e. The Balaban J connectivity index is 1.35. The lowest BCUT2D eigenvalue weighted by atomic mass is 10.0. The van der Waals surface area contributed by atoms with Gasteiger partial charge >= 0.3 is 0 Å². The van der Waals surface area contributed by atoms with E-state index in [1.165, 1.54) is 0 Å². The number of nitrogens with zero attached hydrogens (tertiary/aromatic N) is 4. The van der Waals surface area contributed by atoms with Gasteiger partial charge in [-0.05, 0) is 54.1 Å². The molecule has 0 bridgehead atoms. The Morgan fingerprint density at radius 2 is 1.63 bits per heavy atom. The third-order valence-corrected chi connectivity index (χ3v) is 4.99. The molecule has 0 fully saturated rings. The zero-order chi connectivity index (χ0) is 20.3. The summed E-state index contributed by atoms with van der Waals surface area (Å²) in [4.78, 5) is 8.77. The molecule has 5 heteroatoms. The zero-order valence-electron chi connectivity index (χ0n) is 16.6. The summed E-state index contributed by atoms with van der Waals surface area (Å²) in [6.07, 6.45) is 5.62. The van der Waals surface area contributed by atoms with Crippen LogP contribution in [0.4, 0.5) is 0 Å². The van der Waals surface area contributed by atoms with Gasteiger partial charge in [-0.15, -0.1) is 0 Å². The minimum absolute atomic E-state index is 0.427. The summed E-state index contributed by atoms with van der Waals surface area (Å²) in [6.45, 7) is 0.427.